The van der Waals surface area contributed by atoms with Gasteiger partial charge in [-0.3, -0.25) is 9.69 Å². The molecule has 0 fully saturated rings. The fraction of sp³-hybridized carbons (Fsp3) is 0.364. The van der Waals surface area contributed by atoms with E-state index in [-0.39, 0.29) is 5.91 Å². The lowest BCUT2D eigenvalue weighted by Gasteiger charge is -2.23. The van der Waals surface area contributed by atoms with Crippen molar-refractivity contribution in [1.82, 2.24) is 9.88 Å². The van der Waals surface area contributed by atoms with Crippen LogP contribution in [0, 0.1) is 0 Å². The second-order valence-electron chi connectivity index (χ2n) is 6.54. The summed E-state index contributed by atoms with van der Waals surface area (Å²) in [5, 5.41) is 2.67. The van der Waals surface area contributed by atoms with E-state index in [0.29, 0.717) is 23.2 Å². The van der Waals surface area contributed by atoms with Gasteiger partial charge < -0.3 is 14.4 Å². The van der Waals surface area contributed by atoms with E-state index in [1.807, 2.05) is 35.7 Å². The first kappa shape index (κ1) is 22.3. The molecule has 2 aromatic heterocycles. The van der Waals surface area contributed by atoms with E-state index in [4.69, 9.17) is 14.5 Å². The van der Waals surface area contributed by atoms with Crippen molar-refractivity contribution in [3.63, 3.8) is 0 Å². The molecule has 0 unspecified atom stereocenters. The number of aromatic nitrogens is 1. The van der Waals surface area contributed by atoms with E-state index in [0.717, 1.165) is 34.7 Å². The molecule has 30 heavy (non-hydrogen) atoms. The molecule has 3 aromatic rings. The second-order valence-corrected chi connectivity index (χ2v) is 8.53. The Bertz CT molecular complexity index is 954. The molecular formula is C22H27N3O3S2. The Hall–Kier alpha value is -2.42. The Labute approximate surface area is 185 Å². The van der Waals surface area contributed by atoms with Crippen LogP contribution < -0.4 is 14.4 Å². The van der Waals surface area contributed by atoms with Gasteiger partial charge in [0.1, 0.15) is 0 Å². The smallest absolute Gasteiger partial charge is 0.252 e. The topological polar surface area (TPSA) is 54.9 Å². The lowest BCUT2D eigenvalue weighted by atomic mass is 10.3. The summed E-state index contributed by atoms with van der Waals surface area (Å²) < 4.78 is 11.7. The molecule has 0 N–H and O–H groups in total. The largest absolute Gasteiger partial charge is 0.493 e. The first-order valence-electron chi connectivity index (χ1n) is 9.87. The van der Waals surface area contributed by atoms with E-state index >= 15 is 0 Å². The molecule has 0 atom stereocenters. The quantitative estimate of drug-likeness (QED) is 0.421. The maximum Gasteiger partial charge on any atom is 0.252 e. The van der Waals surface area contributed by atoms with Crippen molar-refractivity contribution in [3.8, 4) is 11.5 Å². The SMILES string of the molecule is CCN(CC)CCN(C(=O)C=Cc1cccs1)c1nc2cc(OC)c(OC)cc2s1. The summed E-state index contributed by atoms with van der Waals surface area (Å²) in [6.07, 6.45) is 3.48. The van der Waals surface area contributed by atoms with E-state index < -0.39 is 0 Å². The van der Waals surface area contributed by atoms with Gasteiger partial charge in [0.25, 0.3) is 5.91 Å². The number of hydrogen-bond donors (Lipinski definition) is 0. The van der Waals surface area contributed by atoms with Crippen molar-refractivity contribution >= 4 is 50.0 Å². The van der Waals surface area contributed by atoms with E-state index in [2.05, 4.69) is 18.7 Å². The molecule has 0 bridgehead atoms. The summed E-state index contributed by atoms with van der Waals surface area (Å²) in [4.78, 5) is 22.9. The summed E-state index contributed by atoms with van der Waals surface area (Å²) in [7, 11) is 3.22. The molecule has 1 aromatic carbocycles. The number of carbonyl (C=O) groups is 1. The average molecular weight is 446 g/mol. The predicted molar refractivity (Wildman–Crippen MR) is 126 cm³/mol. The zero-order valence-electron chi connectivity index (χ0n) is 17.8. The van der Waals surface area contributed by atoms with Crippen LogP contribution in [0.3, 0.4) is 0 Å². The molecule has 1 amide bonds. The third-order valence-corrected chi connectivity index (χ3v) is 6.73. The number of carbonyl (C=O) groups excluding carboxylic acids is 1. The highest BCUT2D eigenvalue weighted by Gasteiger charge is 2.20. The van der Waals surface area contributed by atoms with Gasteiger partial charge in [0.15, 0.2) is 16.6 Å². The fourth-order valence-electron chi connectivity index (χ4n) is 3.07. The Morgan fingerprint density at radius 1 is 1.13 bits per heavy atom. The summed E-state index contributed by atoms with van der Waals surface area (Å²) in [5.41, 5.74) is 0.788. The number of benzene rings is 1. The van der Waals surface area contributed by atoms with E-state index in [1.165, 1.54) is 11.3 Å². The van der Waals surface area contributed by atoms with Crippen LogP contribution in [0.1, 0.15) is 18.7 Å². The second kappa shape index (κ2) is 10.6. The zero-order chi connectivity index (χ0) is 21.5. The number of thiophene rings is 1. The number of thiazole rings is 1. The molecule has 0 aliphatic rings. The Morgan fingerprint density at radius 2 is 1.87 bits per heavy atom. The van der Waals surface area contributed by atoms with Crippen molar-refractivity contribution in [1.29, 1.82) is 0 Å². The molecule has 0 saturated carbocycles. The number of hydrogen-bond acceptors (Lipinski definition) is 7. The summed E-state index contributed by atoms with van der Waals surface area (Å²) in [6.45, 7) is 7.50. The molecule has 2 heterocycles. The predicted octanol–water partition coefficient (Wildman–Crippen LogP) is 4.76. The highest BCUT2D eigenvalue weighted by Crippen LogP contribution is 2.37. The third-order valence-electron chi connectivity index (χ3n) is 4.85. The highest BCUT2D eigenvalue weighted by molar-refractivity contribution is 7.22. The minimum atomic E-state index is -0.0754. The van der Waals surface area contributed by atoms with Gasteiger partial charge in [-0.2, -0.15) is 0 Å². The molecule has 6 nitrogen and oxygen atoms in total. The molecule has 0 spiro atoms. The Morgan fingerprint density at radius 3 is 2.50 bits per heavy atom. The van der Waals surface area contributed by atoms with Crippen molar-refractivity contribution in [2.24, 2.45) is 0 Å². The van der Waals surface area contributed by atoms with Gasteiger partial charge in [-0.1, -0.05) is 31.3 Å². The number of amides is 1. The Kier molecular flexibility index (Phi) is 7.84. The number of nitrogens with zero attached hydrogens (tertiary/aromatic N) is 3. The van der Waals surface area contributed by atoms with Crippen molar-refractivity contribution in [2.45, 2.75) is 13.8 Å². The maximum absolute atomic E-state index is 13.1. The van der Waals surface area contributed by atoms with Crippen molar-refractivity contribution in [2.75, 3.05) is 45.3 Å². The normalized spacial score (nSPS) is 11.5. The highest BCUT2D eigenvalue weighted by atomic mass is 32.1. The van der Waals surface area contributed by atoms with Gasteiger partial charge in [0.05, 0.1) is 24.4 Å². The van der Waals surface area contributed by atoms with Crippen molar-refractivity contribution in [3.05, 3.63) is 40.6 Å². The first-order chi connectivity index (χ1) is 14.6. The minimum Gasteiger partial charge on any atom is -0.493 e. The molecule has 0 aliphatic carbocycles. The van der Waals surface area contributed by atoms with E-state index in [1.54, 1.807) is 36.5 Å². The van der Waals surface area contributed by atoms with Gasteiger partial charge in [-0.15, -0.1) is 11.3 Å². The summed E-state index contributed by atoms with van der Waals surface area (Å²) >= 11 is 3.08. The van der Waals surface area contributed by atoms with Gasteiger partial charge in [-0.05, 0) is 30.6 Å². The third kappa shape index (κ3) is 5.19. The van der Waals surface area contributed by atoms with Gasteiger partial charge in [-0.25, -0.2) is 4.98 Å². The molecule has 0 aliphatic heterocycles. The molecule has 3 rings (SSSR count). The summed E-state index contributed by atoms with van der Waals surface area (Å²) in [6, 6.07) is 7.72. The number of methoxy groups -OCH3 is 2. The first-order valence-corrected chi connectivity index (χ1v) is 11.6. The van der Waals surface area contributed by atoms with Gasteiger partial charge in [0.2, 0.25) is 0 Å². The number of rotatable bonds is 10. The number of likely N-dealkylation sites (N-methyl/N-ethyl adjacent to an activating group) is 1. The van der Waals surface area contributed by atoms with Gasteiger partial charge in [0, 0.05) is 36.2 Å². The lowest BCUT2D eigenvalue weighted by molar-refractivity contribution is -0.114. The minimum absolute atomic E-state index is 0.0754. The maximum atomic E-state index is 13.1. The number of ether oxygens (including phenoxy) is 2. The monoisotopic (exact) mass is 445 g/mol. The molecule has 0 saturated heterocycles. The number of anilines is 1. The van der Waals surface area contributed by atoms with Crippen LogP contribution in [0.2, 0.25) is 0 Å². The summed E-state index contributed by atoms with van der Waals surface area (Å²) in [5.74, 6) is 1.20. The van der Waals surface area contributed by atoms with Gasteiger partial charge >= 0.3 is 0 Å². The van der Waals surface area contributed by atoms with Crippen LogP contribution in [0.25, 0.3) is 16.3 Å². The Balaban J connectivity index is 1.92. The molecule has 8 heteroatoms. The van der Waals surface area contributed by atoms with Crippen LogP contribution >= 0.6 is 22.7 Å². The molecule has 160 valence electrons. The van der Waals surface area contributed by atoms with Crippen LogP contribution in [-0.4, -0.2) is 56.2 Å². The van der Waals surface area contributed by atoms with Crippen LogP contribution in [-0.2, 0) is 4.79 Å². The van der Waals surface area contributed by atoms with Crippen LogP contribution in [0.15, 0.2) is 35.7 Å². The lowest BCUT2D eigenvalue weighted by Crippen LogP contribution is -2.38. The fourth-order valence-corrected chi connectivity index (χ4v) is 4.69. The van der Waals surface area contributed by atoms with Crippen LogP contribution in [0.4, 0.5) is 5.13 Å². The molecule has 0 radical (unpaired) electrons. The molecular weight excluding hydrogens is 418 g/mol. The zero-order valence-corrected chi connectivity index (χ0v) is 19.4. The van der Waals surface area contributed by atoms with E-state index in [9.17, 15) is 4.79 Å². The average Bonchev–Trinajstić information content (AvgIpc) is 3.43. The standard InChI is InChI=1S/C22H27N3O3S2/c1-5-24(6-2)11-12-25(21(26)10-9-16-8-7-13-29-16)22-23-17-14-18(27-3)19(28-4)15-20(17)30-22/h7-10,13-15H,5-6,11-12H2,1-4H3. The number of fused-ring (bicyclic) bond motifs is 1. The van der Waals surface area contributed by atoms with Crippen LogP contribution in [0.5, 0.6) is 11.5 Å². The van der Waals surface area contributed by atoms with Crippen molar-refractivity contribution < 1.29 is 14.3 Å².